The predicted molar refractivity (Wildman–Crippen MR) is 87.4 cm³/mol. The number of rotatable bonds is 4. The molecule has 2 N–H and O–H groups in total. The Morgan fingerprint density at radius 3 is 2.43 bits per heavy atom. The third-order valence-electron chi connectivity index (χ3n) is 5.03. The van der Waals surface area contributed by atoms with Crippen molar-refractivity contribution < 1.29 is 4.79 Å². The molecular weight excluding hydrogens is 284 g/mol. The van der Waals surface area contributed by atoms with Gasteiger partial charge >= 0.3 is 0 Å². The van der Waals surface area contributed by atoms with Crippen LogP contribution in [0.25, 0.3) is 0 Å². The van der Waals surface area contributed by atoms with Gasteiger partial charge in [0.05, 0.1) is 5.41 Å². The highest BCUT2D eigenvalue weighted by molar-refractivity contribution is 5.86. The van der Waals surface area contributed by atoms with Gasteiger partial charge in [-0.25, -0.2) is 0 Å². The van der Waals surface area contributed by atoms with Gasteiger partial charge in [0.1, 0.15) is 0 Å². The van der Waals surface area contributed by atoms with Gasteiger partial charge in [-0.1, -0.05) is 37.3 Å². The summed E-state index contributed by atoms with van der Waals surface area (Å²) in [7, 11) is 0. The standard InChI is InChI=1S/C17H24N2O.ClH/c1-16(12-18)9-10-19(13-16)15(20)17(7-8-17)11-14-5-3-2-4-6-14;/h2-6H,7-13,18H2,1H3;1H. The second-order valence-corrected chi connectivity index (χ2v) is 6.93. The van der Waals surface area contributed by atoms with Crippen LogP contribution in [0, 0.1) is 10.8 Å². The Bertz CT molecular complexity index is 501. The zero-order valence-electron chi connectivity index (χ0n) is 12.7. The Labute approximate surface area is 133 Å². The molecule has 1 atom stereocenters. The van der Waals surface area contributed by atoms with E-state index in [1.165, 1.54) is 5.56 Å². The maximum atomic E-state index is 12.8. The molecule has 3 rings (SSSR count). The molecule has 2 aliphatic rings. The van der Waals surface area contributed by atoms with Gasteiger partial charge in [0.25, 0.3) is 0 Å². The number of carbonyl (C=O) groups is 1. The van der Waals surface area contributed by atoms with Crippen molar-refractivity contribution in [3.05, 3.63) is 35.9 Å². The van der Waals surface area contributed by atoms with Gasteiger partial charge in [-0.2, -0.15) is 0 Å². The minimum atomic E-state index is -0.110. The summed E-state index contributed by atoms with van der Waals surface area (Å²) < 4.78 is 0. The van der Waals surface area contributed by atoms with Crippen molar-refractivity contribution in [2.45, 2.75) is 32.6 Å². The summed E-state index contributed by atoms with van der Waals surface area (Å²) in [5.74, 6) is 0.360. The fraction of sp³-hybridized carbons (Fsp3) is 0.588. The lowest BCUT2D eigenvalue weighted by atomic mass is 9.90. The molecule has 1 aliphatic carbocycles. The largest absolute Gasteiger partial charge is 0.342 e. The molecular formula is C17H25ClN2O. The fourth-order valence-electron chi connectivity index (χ4n) is 3.30. The fourth-order valence-corrected chi connectivity index (χ4v) is 3.30. The van der Waals surface area contributed by atoms with E-state index in [0.717, 1.165) is 38.8 Å². The van der Waals surface area contributed by atoms with Gasteiger partial charge < -0.3 is 10.6 Å². The Hall–Kier alpha value is -1.06. The average molecular weight is 309 g/mol. The molecule has 1 amide bonds. The van der Waals surface area contributed by atoms with E-state index in [2.05, 4.69) is 36.1 Å². The molecule has 1 unspecified atom stereocenters. The van der Waals surface area contributed by atoms with Crippen molar-refractivity contribution in [3.8, 4) is 0 Å². The number of amides is 1. The molecule has 0 bridgehead atoms. The Kier molecular flexibility index (Phi) is 4.64. The van der Waals surface area contributed by atoms with E-state index >= 15 is 0 Å². The SMILES string of the molecule is CC1(CN)CCN(C(=O)C2(Cc3ccccc3)CC2)C1.Cl. The predicted octanol–water partition coefficient (Wildman–Crippen LogP) is 2.63. The molecule has 1 aliphatic heterocycles. The Balaban J connectivity index is 0.00000161. The Morgan fingerprint density at radius 1 is 1.24 bits per heavy atom. The van der Waals surface area contributed by atoms with Gasteiger partial charge in [0.2, 0.25) is 5.91 Å². The number of hydrogen-bond acceptors (Lipinski definition) is 2. The molecule has 1 saturated carbocycles. The number of benzene rings is 1. The van der Waals surface area contributed by atoms with E-state index in [1.807, 2.05) is 6.07 Å². The summed E-state index contributed by atoms with van der Waals surface area (Å²) >= 11 is 0. The number of halogens is 1. The van der Waals surface area contributed by atoms with Crippen LogP contribution in [-0.4, -0.2) is 30.4 Å². The molecule has 0 aromatic heterocycles. The topological polar surface area (TPSA) is 46.3 Å². The van der Waals surface area contributed by atoms with Gasteiger partial charge in [0, 0.05) is 13.1 Å². The number of carbonyl (C=O) groups excluding carboxylic acids is 1. The first-order chi connectivity index (χ1) is 9.57. The lowest BCUT2D eigenvalue weighted by Crippen LogP contribution is -2.39. The van der Waals surface area contributed by atoms with Crippen LogP contribution in [0.15, 0.2) is 30.3 Å². The summed E-state index contributed by atoms with van der Waals surface area (Å²) in [6.45, 7) is 4.57. The van der Waals surface area contributed by atoms with Crippen LogP contribution in [0.3, 0.4) is 0 Å². The van der Waals surface area contributed by atoms with E-state index in [9.17, 15) is 4.79 Å². The first-order valence-corrected chi connectivity index (χ1v) is 7.60. The van der Waals surface area contributed by atoms with Crippen molar-refractivity contribution in [3.63, 3.8) is 0 Å². The van der Waals surface area contributed by atoms with Crippen molar-refractivity contribution >= 4 is 18.3 Å². The van der Waals surface area contributed by atoms with E-state index in [4.69, 9.17) is 5.73 Å². The number of nitrogens with two attached hydrogens (primary N) is 1. The molecule has 1 saturated heterocycles. The number of hydrogen-bond donors (Lipinski definition) is 1. The maximum Gasteiger partial charge on any atom is 0.229 e. The second kappa shape index (κ2) is 5.98. The van der Waals surface area contributed by atoms with Crippen LogP contribution in [0.1, 0.15) is 31.7 Å². The summed E-state index contributed by atoms with van der Waals surface area (Å²) in [5, 5.41) is 0. The Morgan fingerprint density at radius 2 is 1.90 bits per heavy atom. The monoisotopic (exact) mass is 308 g/mol. The van der Waals surface area contributed by atoms with Crippen LogP contribution >= 0.6 is 12.4 Å². The van der Waals surface area contributed by atoms with Crippen molar-refractivity contribution in [2.75, 3.05) is 19.6 Å². The van der Waals surface area contributed by atoms with Crippen LogP contribution in [0.2, 0.25) is 0 Å². The normalized spacial score (nSPS) is 26.3. The van der Waals surface area contributed by atoms with Crippen LogP contribution in [0.4, 0.5) is 0 Å². The molecule has 21 heavy (non-hydrogen) atoms. The molecule has 1 heterocycles. The summed E-state index contributed by atoms with van der Waals surface area (Å²) in [5.41, 5.74) is 7.13. The van der Waals surface area contributed by atoms with Crippen molar-refractivity contribution in [2.24, 2.45) is 16.6 Å². The lowest BCUT2D eigenvalue weighted by Gasteiger charge is -2.26. The average Bonchev–Trinajstić information content (AvgIpc) is 3.14. The molecule has 0 spiro atoms. The second-order valence-electron chi connectivity index (χ2n) is 6.93. The van der Waals surface area contributed by atoms with E-state index < -0.39 is 0 Å². The van der Waals surface area contributed by atoms with Gasteiger partial charge in [-0.3, -0.25) is 4.79 Å². The molecule has 116 valence electrons. The van der Waals surface area contributed by atoms with E-state index in [-0.39, 0.29) is 23.2 Å². The summed E-state index contributed by atoms with van der Waals surface area (Å²) in [4.78, 5) is 14.9. The van der Waals surface area contributed by atoms with E-state index in [1.54, 1.807) is 0 Å². The molecule has 3 nitrogen and oxygen atoms in total. The highest BCUT2D eigenvalue weighted by Crippen LogP contribution is 2.50. The van der Waals surface area contributed by atoms with Gasteiger partial charge in [-0.15, -0.1) is 12.4 Å². The van der Waals surface area contributed by atoms with Crippen molar-refractivity contribution in [1.82, 2.24) is 4.90 Å². The first kappa shape index (κ1) is 16.3. The highest BCUT2D eigenvalue weighted by atomic mass is 35.5. The summed E-state index contributed by atoms with van der Waals surface area (Å²) in [6, 6.07) is 10.4. The highest BCUT2D eigenvalue weighted by Gasteiger charge is 2.53. The molecule has 1 aromatic rings. The van der Waals surface area contributed by atoms with Crippen molar-refractivity contribution in [1.29, 1.82) is 0 Å². The minimum absolute atomic E-state index is 0. The third kappa shape index (κ3) is 3.24. The molecule has 4 heteroatoms. The molecule has 1 aromatic carbocycles. The zero-order valence-corrected chi connectivity index (χ0v) is 13.5. The number of nitrogens with zero attached hydrogens (tertiary/aromatic N) is 1. The van der Waals surface area contributed by atoms with Crippen LogP contribution in [-0.2, 0) is 11.2 Å². The van der Waals surface area contributed by atoms with Gasteiger partial charge in [-0.05, 0) is 43.2 Å². The molecule has 0 radical (unpaired) electrons. The number of likely N-dealkylation sites (tertiary alicyclic amines) is 1. The summed E-state index contributed by atoms with van der Waals surface area (Å²) in [6.07, 6.45) is 4.01. The van der Waals surface area contributed by atoms with Crippen LogP contribution in [0.5, 0.6) is 0 Å². The minimum Gasteiger partial charge on any atom is -0.342 e. The lowest BCUT2D eigenvalue weighted by molar-refractivity contribution is -0.136. The van der Waals surface area contributed by atoms with Gasteiger partial charge in [0.15, 0.2) is 0 Å². The smallest absolute Gasteiger partial charge is 0.229 e. The zero-order chi connectivity index (χ0) is 14.2. The quantitative estimate of drug-likeness (QED) is 0.929. The maximum absolute atomic E-state index is 12.8. The van der Waals surface area contributed by atoms with Crippen LogP contribution < -0.4 is 5.73 Å². The molecule has 2 fully saturated rings. The van der Waals surface area contributed by atoms with E-state index in [0.29, 0.717) is 12.5 Å². The third-order valence-corrected chi connectivity index (χ3v) is 5.03. The first-order valence-electron chi connectivity index (χ1n) is 7.60.